The molecule has 0 aromatic heterocycles. The van der Waals surface area contributed by atoms with Crippen LogP contribution in [-0.4, -0.2) is 27.5 Å². The lowest BCUT2D eigenvalue weighted by Crippen LogP contribution is -2.45. The zero-order valence-corrected chi connectivity index (χ0v) is 16.4. The largest absolute Gasteiger partial charge is 0.469 e. The van der Waals surface area contributed by atoms with Crippen molar-refractivity contribution in [2.45, 2.75) is 78.6 Å². The van der Waals surface area contributed by atoms with Crippen molar-refractivity contribution < 1.29 is 14.0 Å². The fourth-order valence-corrected chi connectivity index (χ4v) is 3.22. The Hall–Kier alpha value is -0.613. The molecule has 124 valence electrons. The van der Waals surface area contributed by atoms with Gasteiger partial charge < -0.3 is 9.16 Å². The molecule has 0 heterocycles. The molecule has 0 aromatic carbocycles. The summed E-state index contributed by atoms with van der Waals surface area (Å²) in [6.45, 7) is 17.5. The molecule has 0 aliphatic heterocycles. The summed E-state index contributed by atoms with van der Waals surface area (Å²) in [6.07, 6.45) is 3.53. The molecule has 0 bridgehead atoms. The summed E-state index contributed by atoms with van der Waals surface area (Å²) >= 11 is 0. The quantitative estimate of drug-likeness (QED) is 0.379. The fourth-order valence-electron chi connectivity index (χ4n) is 1.78. The molecule has 0 aromatic rings. The molecule has 0 aliphatic carbocycles. The van der Waals surface area contributed by atoms with Crippen LogP contribution in [0.5, 0.6) is 0 Å². The predicted octanol–water partition coefficient (Wildman–Crippen LogP) is 4.93. The third-order valence-corrected chi connectivity index (χ3v) is 8.87. The molecule has 4 heteroatoms. The van der Waals surface area contributed by atoms with Crippen molar-refractivity contribution >= 4 is 14.3 Å². The van der Waals surface area contributed by atoms with Crippen LogP contribution in [0.3, 0.4) is 0 Å². The van der Waals surface area contributed by atoms with E-state index in [1.165, 1.54) is 12.7 Å². The summed E-state index contributed by atoms with van der Waals surface area (Å²) in [5.41, 5.74) is 1.28. The number of hydrogen-bond donors (Lipinski definition) is 0. The lowest BCUT2D eigenvalue weighted by atomic mass is 9.98. The third-order valence-electron chi connectivity index (χ3n) is 4.36. The molecule has 0 saturated heterocycles. The molecule has 2 atom stereocenters. The average molecular weight is 315 g/mol. The first-order valence-corrected chi connectivity index (χ1v) is 10.7. The van der Waals surface area contributed by atoms with Crippen LogP contribution in [0.25, 0.3) is 0 Å². The highest BCUT2D eigenvalue weighted by molar-refractivity contribution is 6.74. The molecule has 0 spiro atoms. The fraction of sp³-hybridized carbons (Fsp3) is 0.824. The Morgan fingerprint density at radius 2 is 1.76 bits per heavy atom. The molecule has 3 nitrogen and oxygen atoms in total. The lowest BCUT2D eigenvalue weighted by Gasteiger charge is -2.40. The van der Waals surface area contributed by atoms with Gasteiger partial charge in [0.05, 0.1) is 19.6 Å². The van der Waals surface area contributed by atoms with Crippen molar-refractivity contribution in [2.75, 3.05) is 7.11 Å². The van der Waals surface area contributed by atoms with Crippen LogP contribution in [0, 0.1) is 5.92 Å². The van der Waals surface area contributed by atoms with Gasteiger partial charge in [-0.15, -0.1) is 0 Å². The first kappa shape index (κ1) is 20.4. The van der Waals surface area contributed by atoms with Gasteiger partial charge in [0.2, 0.25) is 0 Å². The Balaban J connectivity index is 5.06. The Bertz CT molecular complexity index is 363. The summed E-state index contributed by atoms with van der Waals surface area (Å²) in [5, 5.41) is 0.168. The van der Waals surface area contributed by atoms with Gasteiger partial charge in [-0.3, -0.25) is 4.79 Å². The van der Waals surface area contributed by atoms with Crippen LogP contribution < -0.4 is 0 Å². The minimum Gasteiger partial charge on any atom is -0.469 e. The number of hydrogen-bond acceptors (Lipinski definition) is 3. The second-order valence-electron chi connectivity index (χ2n) is 7.69. The highest BCUT2D eigenvalue weighted by Gasteiger charge is 2.40. The van der Waals surface area contributed by atoms with Crippen molar-refractivity contribution in [1.29, 1.82) is 0 Å². The van der Waals surface area contributed by atoms with E-state index in [1.54, 1.807) is 0 Å². The number of allylic oxidation sites excluding steroid dienone is 1. The van der Waals surface area contributed by atoms with Gasteiger partial charge in [0.15, 0.2) is 8.32 Å². The Morgan fingerprint density at radius 1 is 1.24 bits per heavy atom. The van der Waals surface area contributed by atoms with E-state index in [0.29, 0.717) is 6.42 Å². The van der Waals surface area contributed by atoms with Crippen LogP contribution in [-0.2, 0) is 14.0 Å². The number of rotatable bonds is 7. The summed E-state index contributed by atoms with van der Waals surface area (Å²) in [5.74, 6) is -0.00861. The Kier molecular flexibility index (Phi) is 7.90. The number of carbonyl (C=O) groups is 1. The van der Waals surface area contributed by atoms with Crippen molar-refractivity contribution in [2.24, 2.45) is 5.92 Å². The molecule has 0 saturated carbocycles. The minimum absolute atomic E-state index is 0.0693. The third kappa shape index (κ3) is 7.27. The van der Waals surface area contributed by atoms with Crippen molar-refractivity contribution in [3.05, 3.63) is 11.6 Å². The van der Waals surface area contributed by atoms with Gasteiger partial charge in [-0.2, -0.15) is 0 Å². The van der Waals surface area contributed by atoms with Crippen LogP contribution in [0.2, 0.25) is 18.1 Å². The molecule has 0 fully saturated rings. The predicted molar refractivity (Wildman–Crippen MR) is 91.9 cm³/mol. The van der Waals surface area contributed by atoms with Crippen molar-refractivity contribution in [3.63, 3.8) is 0 Å². The van der Waals surface area contributed by atoms with E-state index in [4.69, 9.17) is 9.16 Å². The maximum Gasteiger partial charge on any atom is 0.305 e. The van der Waals surface area contributed by atoms with Gasteiger partial charge in [0, 0.05) is 0 Å². The standard InChI is InChI=1S/C17H34O3Si/c1-13(2)10-11-15(14(3)12-16(18)19-7)20-21(8,9)17(4,5)6/h10,14-15H,11-12H2,1-9H3/t14-,15-/m1/s1. The second kappa shape index (κ2) is 8.13. The lowest BCUT2D eigenvalue weighted by molar-refractivity contribution is -0.142. The van der Waals surface area contributed by atoms with E-state index in [-0.39, 0.29) is 23.0 Å². The van der Waals surface area contributed by atoms with Crippen LogP contribution in [0.1, 0.15) is 54.4 Å². The zero-order chi connectivity index (χ0) is 16.8. The number of methoxy groups -OCH3 is 1. The van der Waals surface area contributed by atoms with E-state index < -0.39 is 8.32 Å². The van der Waals surface area contributed by atoms with Gasteiger partial charge >= 0.3 is 5.97 Å². The van der Waals surface area contributed by atoms with E-state index in [1.807, 2.05) is 0 Å². The van der Waals surface area contributed by atoms with Crippen molar-refractivity contribution in [1.82, 2.24) is 0 Å². The molecule has 0 aliphatic rings. The molecular formula is C17H34O3Si. The molecule has 0 unspecified atom stereocenters. The summed E-state index contributed by atoms with van der Waals surface area (Å²) in [6, 6.07) is 0. The Labute approximate surface area is 132 Å². The maximum atomic E-state index is 11.5. The topological polar surface area (TPSA) is 35.5 Å². The van der Waals surface area contributed by atoms with Crippen molar-refractivity contribution in [3.8, 4) is 0 Å². The van der Waals surface area contributed by atoms with Gasteiger partial charge in [-0.25, -0.2) is 0 Å². The highest BCUT2D eigenvalue weighted by Crippen LogP contribution is 2.38. The average Bonchev–Trinajstić information content (AvgIpc) is 2.32. The van der Waals surface area contributed by atoms with E-state index in [2.05, 4.69) is 60.7 Å². The Morgan fingerprint density at radius 3 is 2.14 bits per heavy atom. The van der Waals surface area contributed by atoms with Gasteiger partial charge in [-0.1, -0.05) is 39.3 Å². The second-order valence-corrected chi connectivity index (χ2v) is 12.4. The van der Waals surface area contributed by atoms with Gasteiger partial charge in [0.1, 0.15) is 0 Å². The van der Waals surface area contributed by atoms with Gasteiger partial charge in [0.25, 0.3) is 0 Å². The first-order chi connectivity index (χ1) is 9.40. The number of esters is 1. The zero-order valence-electron chi connectivity index (χ0n) is 15.4. The molecule has 0 N–H and O–H groups in total. The highest BCUT2D eigenvalue weighted by atomic mass is 28.4. The molecule has 0 amide bonds. The number of ether oxygens (including phenoxy) is 1. The summed E-state index contributed by atoms with van der Waals surface area (Å²) in [7, 11) is -0.406. The molecule has 21 heavy (non-hydrogen) atoms. The van der Waals surface area contributed by atoms with E-state index in [9.17, 15) is 4.79 Å². The van der Waals surface area contributed by atoms with E-state index in [0.717, 1.165) is 6.42 Å². The normalized spacial score (nSPS) is 15.3. The SMILES string of the molecule is COC(=O)C[C@@H](C)[C@@H](CC=C(C)C)O[Si](C)(C)C(C)(C)C. The maximum absolute atomic E-state index is 11.5. The summed E-state index contributed by atoms with van der Waals surface area (Å²) < 4.78 is 11.3. The smallest absolute Gasteiger partial charge is 0.305 e. The molecular weight excluding hydrogens is 280 g/mol. The molecule has 0 rings (SSSR count). The van der Waals surface area contributed by atoms with Crippen LogP contribution in [0.15, 0.2) is 11.6 Å². The minimum atomic E-state index is -1.85. The van der Waals surface area contributed by atoms with E-state index >= 15 is 0 Å². The van der Waals surface area contributed by atoms with Crippen LogP contribution in [0.4, 0.5) is 0 Å². The van der Waals surface area contributed by atoms with Crippen LogP contribution >= 0.6 is 0 Å². The summed E-state index contributed by atoms with van der Waals surface area (Å²) in [4.78, 5) is 11.5. The van der Waals surface area contributed by atoms with Gasteiger partial charge in [-0.05, 0) is 44.3 Å². The first-order valence-electron chi connectivity index (χ1n) is 7.78. The molecule has 0 radical (unpaired) electrons. The number of carbonyl (C=O) groups excluding carboxylic acids is 1. The monoisotopic (exact) mass is 314 g/mol.